The van der Waals surface area contributed by atoms with Gasteiger partial charge in [-0.3, -0.25) is 0 Å². The van der Waals surface area contributed by atoms with Crippen molar-refractivity contribution in [2.24, 2.45) is 0 Å². The molecule has 1 aromatic heterocycles. The van der Waals surface area contributed by atoms with Crippen LogP contribution in [0.5, 0.6) is 5.88 Å². The highest BCUT2D eigenvalue weighted by Gasteiger charge is 2.22. The first-order valence-corrected chi connectivity index (χ1v) is 8.94. The minimum atomic E-state index is -0.144. The summed E-state index contributed by atoms with van der Waals surface area (Å²) in [6, 6.07) is 12.1. The van der Waals surface area contributed by atoms with Crippen molar-refractivity contribution in [3.8, 4) is 5.88 Å². The van der Waals surface area contributed by atoms with Gasteiger partial charge in [-0.1, -0.05) is 24.3 Å². The van der Waals surface area contributed by atoms with Gasteiger partial charge in [-0.25, -0.2) is 9.78 Å². The Balaban J connectivity index is 1.43. The standard InChI is InChI=1S/C20H26N4O2/c1-24(2)9-10-26-19-11-15(7-8-21-19)14-22-20(25)23-18-12-16-5-3-4-6-17(16)13-18/h3-8,11,18H,9-10,12-14H2,1-2H3,(H2,22,23,25). The van der Waals surface area contributed by atoms with Crippen LogP contribution in [0.3, 0.4) is 0 Å². The molecule has 1 heterocycles. The zero-order valence-corrected chi connectivity index (χ0v) is 15.4. The number of likely N-dealkylation sites (N-methyl/N-ethyl adjacent to an activating group) is 1. The smallest absolute Gasteiger partial charge is 0.315 e. The molecule has 0 atom stereocenters. The van der Waals surface area contributed by atoms with E-state index in [-0.39, 0.29) is 12.1 Å². The molecule has 1 aliphatic carbocycles. The molecule has 26 heavy (non-hydrogen) atoms. The van der Waals surface area contributed by atoms with Crippen molar-refractivity contribution in [2.45, 2.75) is 25.4 Å². The van der Waals surface area contributed by atoms with Crippen molar-refractivity contribution in [1.29, 1.82) is 0 Å². The number of rotatable bonds is 7. The van der Waals surface area contributed by atoms with Crippen molar-refractivity contribution in [2.75, 3.05) is 27.2 Å². The molecule has 2 amide bonds. The molecule has 6 heteroatoms. The van der Waals surface area contributed by atoms with E-state index in [2.05, 4.69) is 32.7 Å². The van der Waals surface area contributed by atoms with E-state index in [0.29, 0.717) is 19.0 Å². The number of carbonyl (C=O) groups is 1. The summed E-state index contributed by atoms with van der Waals surface area (Å²) in [5.74, 6) is 0.581. The minimum absolute atomic E-state index is 0.144. The molecule has 0 bridgehead atoms. The van der Waals surface area contributed by atoms with Crippen molar-refractivity contribution in [3.63, 3.8) is 0 Å². The van der Waals surface area contributed by atoms with Crippen LogP contribution in [0.2, 0.25) is 0 Å². The maximum atomic E-state index is 12.2. The lowest BCUT2D eigenvalue weighted by Gasteiger charge is -2.14. The average molecular weight is 354 g/mol. The number of carbonyl (C=O) groups excluding carboxylic acids is 1. The molecule has 2 N–H and O–H groups in total. The zero-order chi connectivity index (χ0) is 18.4. The van der Waals surface area contributed by atoms with Crippen LogP contribution in [-0.2, 0) is 19.4 Å². The number of fused-ring (bicyclic) bond motifs is 1. The van der Waals surface area contributed by atoms with Gasteiger partial charge < -0.3 is 20.3 Å². The Labute approximate surface area is 154 Å². The second-order valence-corrected chi connectivity index (χ2v) is 6.85. The van der Waals surface area contributed by atoms with Crippen molar-refractivity contribution >= 4 is 6.03 Å². The number of hydrogen-bond acceptors (Lipinski definition) is 4. The highest BCUT2D eigenvalue weighted by molar-refractivity contribution is 5.74. The molecule has 138 valence electrons. The monoisotopic (exact) mass is 354 g/mol. The van der Waals surface area contributed by atoms with Crippen LogP contribution in [0.25, 0.3) is 0 Å². The molecule has 3 rings (SSSR count). The molecule has 1 aliphatic rings. The third kappa shape index (κ3) is 5.20. The number of nitrogens with zero attached hydrogens (tertiary/aromatic N) is 2. The number of aromatic nitrogens is 1. The van der Waals surface area contributed by atoms with Gasteiger partial charge in [0.25, 0.3) is 0 Å². The van der Waals surface area contributed by atoms with Gasteiger partial charge >= 0.3 is 6.03 Å². The highest BCUT2D eigenvalue weighted by Crippen LogP contribution is 2.21. The fourth-order valence-corrected chi connectivity index (χ4v) is 3.05. The minimum Gasteiger partial charge on any atom is -0.476 e. The summed E-state index contributed by atoms with van der Waals surface area (Å²) in [5.41, 5.74) is 3.61. The number of pyridine rings is 1. The summed E-state index contributed by atoms with van der Waals surface area (Å²) in [6.45, 7) is 1.86. The Morgan fingerprint density at radius 2 is 1.96 bits per heavy atom. The zero-order valence-electron chi connectivity index (χ0n) is 15.4. The maximum absolute atomic E-state index is 12.2. The lowest BCUT2D eigenvalue weighted by molar-refractivity contribution is 0.236. The Morgan fingerprint density at radius 3 is 2.65 bits per heavy atom. The molecule has 6 nitrogen and oxygen atoms in total. The summed E-state index contributed by atoms with van der Waals surface area (Å²) in [5, 5.41) is 5.97. The van der Waals surface area contributed by atoms with Crippen LogP contribution in [0, 0.1) is 0 Å². The Kier molecular flexibility index (Phi) is 6.07. The topological polar surface area (TPSA) is 66.5 Å². The summed E-state index contributed by atoms with van der Waals surface area (Å²) in [4.78, 5) is 18.4. The summed E-state index contributed by atoms with van der Waals surface area (Å²) in [7, 11) is 4.00. The fraction of sp³-hybridized carbons (Fsp3) is 0.400. The van der Waals surface area contributed by atoms with E-state index in [4.69, 9.17) is 4.74 Å². The van der Waals surface area contributed by atoms with Crippen LogP contribution < -0.4 is 15.4 Å². The maximum Gasteiger partial charge on any atom is 0.315 e. The Bertz CT molecular complexity index is 723. The molecule has 0 radical (unpaired) electrons. The predicted octanol–water partition coefficient (Wildman–Crippen LogP) is 1.99. The van der Waals surface area contributed by atoms with Gasteiger partial charge in [0.1, 0.15) is 6.61 Å². The number of urea groups is 1. The summed E-state index contributed by atoms with van der Waals surface area (Å²) < 4.78 is 5.63. The van der Waals surface area contributed by atoms with Crippen molar-refractivity contribution in [3.05, 3.63) is 59.3 Å². The van der Waals surface area contributed by atoms with Gasteiger partial charge in [0.2, 0.25) is 5.88 Å². The quantitative estimate of drug-likeness (QED) is 0.798. The number of nitrogens with one attached hydrogen (secondary N) is 2. The first-order chi connectivity index (χ1) is 12.6. The van der Waals surface area contributed by atoms with Crippen LogP contribution in [0.1, 0.15) is 16.7 Å². The van der Waals surface area contributed by atoms with E-state index in [0.717, 1.165) is 24.9 Å². The number of benzene rings is 1. The van der Waals surface area contributed by atoms with Crippen LogP contribution >= 0.6 is 0 Å². The third-order valence-electron chi connectivity index (χ3n) is 4.43. The van der Waals surface area contributed by atoms with E-state index in [9.17, 15) is 4.79 Å². The number of ether oxygens (including phenoxy) is 1. The normalized spacial score (nSPS) is 13.5. The van der Waals surface area contributed by atoms with Crippen molar-refractivity contribution in [1.82, 2.24) is 20.5 Å². The van der Waals surface area contributed by atoms with E-state index < -0.39 is 0 Å². The lowest BCUT2D eigenvalue weighted by atomic mass is 10.1. The predicted molar refractivity (Wildman–Crippen MR) is 101 cm³/mol. The van der Waals surface area contributed by atoms with E-state index >= 15 is 0 Å². The van der Waals surface area contributed by atoms with Gasteiger partial charge in [0, 0.05) is 31.4 Å². The average Bonchev–Trinajstić information content (AvgIpc) is 3.02. The lowest BCUT2D eigenvalue weighted by Crippen LogP contribution is -2.42. The Hall–Kier alpha value is -2.60. The SMILES string of the molecule is CN(C)CCOc1cc(CNC(=O)NC2Cc3ccccc3C2)ccn1. The fourth-order valence-electron chi connectivity index (χ4n) is 3.05. The molecule has 0 aliphatic heterocycles. The summed E-state index contributed by atoms with van der Waals surface area (Å²) >= 11 is 0. The van der Waals surface area contributed by atoms with Crippen LogP contribution in [0.4, 0.5) is 4.79 Å². The largest absolute Gasteiger partial charge is 0.476 e. The van der Waals surface area contributed by atoms with Crippen LogP contribution in [0.15, 0.2) is 42.6 Å². The van der Waals surface area contributed by atoms with Gasteiger partial charge in [0.05, 0.1) is 0 Å². The van der Waals surface area contributed by atoms with Gasteiger partial charge in [-0.2, -0.15) is 0 Å². The van der Waals surface area contributed by atoms with Crippen LogP contribution in [-0.4, -0.2) is 49.2 Å². The summed E-state index contributed by atoms with van der Waals surface area (Å²) in [6.07, 6.45) is 3.49. The number of amides is 2. The molecule has 0 saturated carbocycles. The first kappa shape index (κ1) is 18.2. The molecule has 0 fully saturated rings. The van der Waals surface area contributed by atoms with Crippen molar-refractivity contribution < 1.29 is 9.53 Å². The van der Waals surface area contributed by atoms with E-state index in [1.165, 1.54) is 11.1 Å². The second kappa shape index (κ2) is 8.67. The third-order valence-corrected chi connectivity index (χ3v) is 4.43. The molecule has 0 spiro atoms. The molecular weight excluding hydrogens is 328 g/mol. The molecule has 0 unspecified atom stereocenters. The second-order valence-electron chi connectivity index (χ2n) is 6.85. The molecular formula is C20H26N4O2. The highest BCUT2D eigenvalue weighted by atomic mass is 16.5. The molecule has 0 saturated heterocycles. The Morgan fingerprint density at radius 1 is 1.23 bits per heavy atom. The number of hydrogen-bond donors (Lipinski definition) is 2. The molecule has 2 aromatic rings. The first-order valence-electron chi connectivity index (χ1n) is 8.94. The van der Waals surface area contributed by atoms with E-state index in [1.54, 1.807) is 6.20 Å². The van der Waals surface area contributed by atoms with E-state index in [1.807, 2.05) is 38.4 Å². The molecule has 1 aromatic carbocycles. The van der Waals surface area contributed by atoms with Gasteiger partial charge in [-0.15, -0.1) is 0 Å². The van der Waals surface area contributed by atoms with Gasteiger partial charge in [-0.05, 0) is 49.7 Å². The van der Waals surface area contributed by atoms with Gasteiger partial charge in [0.15, 0.2) is 0 Å².